The molecule has 0 heterocycles. The summed E-state index contributed by atoms with van der Waals surface area (Å²) in [6.45, 7) is 1.60. The molecule has 108 valence electrons. The Morgan fingerprint density at radius 1 is 1.50 bits per heavy atom. The van der Waals surface area contributed by atoms with Gasteiger partial charge in [0.25, 0.3) is 5.69 Å². The molecule has 0 aliphatic carbocycles. The molecule has 1 rings (SSSR count). The number of urea groups is 1. The number of carbonyl (C=O) groups is 2. The maximum Gasteiger partial charge on any atom is 0.326 e. The first-order valence-electron chi connectivity index (χ1n) is 5.59. The number of non-ortho nitro benzene ring substituents is 1. The summed E-state index contributed by atoms with van der Waals surface area (Å²) in [5, 5.41) is 24.0. The highest BCUT2D eigenvalue weighted by molar-refractivity contribution is 6.33. The number of anilines is 1. The van der Waals surface area contributed by atoms with Gasteiger partial charge in [-0.25, -0.2) is 9.59 Å². The van der Waals surface area contributed by atoms with Crippen molar-refractivity contribution < 1.29 is 19.6 Å². The lowest BCUT2D eigenvalue weighted by Gasteiger charge is -2.13. The van der Waals surface area contributed by atoms with Crippen molar-refractivity contribution in [2.24, 2.45) is 0 Å². The standard InChI is InChI=1S/C11H12ClN3O5/c1-2-8(10(16)17)13-11(18)14-9-5-6(15(19)20)3-4-7(9)12/h3-5,8H,2H2,1H3,(H,16,17)(H2,13,14,18). The molecular formula is C11H12ClN3O5. The topological polar surface area (TPSA) is 122 Å². The smallest absolute Gasteiger partial charge is 0.326 e. The van der Waals surface area contributed by atoms with Gasteiger partial charge in [-0.2, -0.15) is 0 Å². The zero-order valence-electron chi connectivity index (χ0n) is 10.4. The number of amides is 2. The maximum absolute atomic E-state index is 11.6. The molecule has 0 aromatic heterocycles. The van der Waals surface area contributed by atoms with Crippen molar-refractivity contribution in [1.29, 1.82) is 0 Å². The van der Waals surface area contributed by atoms with Crippen LogP contribution in [0, 0.1) is 10.1 Å². The van der Waals surface area contributed by atoms with Gasteiger partial charge in [0, 0.05) is 12.1 Å². The Morgan fingerprint density at radius 3 is 2.65 bits per heavy atom. The van der Waals surface area contributed by atoms with Crippen molar-refractivity contribution in [3.63, 3.8) is 0 Å². The summed E-state index contributed by atoms with van der Waals surface area (Å²) in [6, 6.07) is 1.69. The molecule has 1 aromatic rings. The molecule has 9 heteroatoms. The Bertz CT molecular complexity index is 549. The molecule has 3 N–H and O–H groups in total. The molecule has 0 bridgehead atoms. The first-order valence-corrected chi connectivity index (χ1v) is 5.97. The second kappa shape index (κ2) is 6.71. The van der Waals surface area contributed by atoms with Gasteiger partial charge in [-0.05, 0) is 12.5 Å². The van der Waals surface area contributed by atoms with Crippen LogP contribution in [0.1, 0.15) is 13.3 Å². The number of nitro groups is 1. The number of benzene rings is 1. The fourth-order valence-electron chi connectivity index (χ4n) is 1.38. The van der Waals surface area contributed by atoms with E-state index in [0.717, 1.165) is 6.07 Å². The second-order valence-electron chi connectivity index (χ2n) is 3.82. The molecule has 2 amide bonds. The van der Waals surface area contributed by atoms with Crippen LogP contribution >= 0.6 is 11.6 Å². The van der Waals surface area contributed by atoms with Gasteiger partial charge >= 0.3 is 12.0 Å². The van der Waals surface area contributed by atoms with Crippen molar-refractivity contribution in [2.75, 3.05) is 5.32 Å². The zero-order chi connectivity index (χ0) is 15.3. The Labute approximate surface area is 118 Å². The molecule has 1 atom stereocenters. The third kappa shape index (κ3) is 4.09. The largest absolute Gasteiger partial charge is 0.480 e. The van der Waals surface area contributed by atoms with E-state index < -0.39 is 23.0 Å². The number of carbonyl (C=O) groups excluding carboxylic acids is 1. The van der Waals surface area contributed by atoms with Gasteiger partial charge in [-0.1, -0.05) is 18.5 Å². The maximum atomic E-state index is 11.6. The molecule has 0 saturated carbocycles. The highest BCUT2D eigenvalue weighted by Crippen LogP contribution is 2.26. The monoisotopic (exact) mass is 301 g/mol. The van der Waals surface area contributed by atoms with E-state index in [1.165, 1.54) is 12.1 Å². The zero-order valence-corrected chi connectivity index (χ0v) is 11.2. The van der Waals surface area contributed by atoms with Crippen molar-refractivity contribution in [3.05, 3.63) is 33.3 Å². The predicted octanol–water partition coefficient (Wildman–Crippen LogP) is 2.23. The number of hydrogen-bond acceptors (Lipinski definition) is 4. The van der Waals surface area contributed by atoms with Crippen molar-refractivity contribution in [2.45, 2.75) is 19.4 Å². The molecule has 8 nitrogen and oxygen atoms in total. The molecular weight excluding hydrogens is 290 g/mol. The van der Waals surface area contributed by atoms with E-state index in [2.05, 4.69) is 10.6 Å². The number of nitrogens with zero attached hydrogens (tertiary/aromatic N) is 1. The van der Waals surface area contributed by atoms with Gasteiger partial charge in [0.2, 0.25) is 0 Å². The number of nitro benzene ring substituents is 1. The van der Waals surface area contributed by atoms with Crippen LogP contribution in [0.5, 0.6) is 0 Å². The average molecular weight is 302 g/mol. The molecule has 1 unspecified atom stereocenters. The Kier molecular flexibility index (Phi) is 5.27. The van der Waals surface area contributed by atoms with E-state index in [1.807, 2.05) is 0 Å². The first-order chi connectivity index (χ1) is 9.35. The fourth-order valence-corrected chi connectivity index (χ4v) is 1.54. The van der Waals surface area contributed by atoms with Crippen LogP contribution in [0.3, 0.4) is 0 Å². The normalized spacial score (nSPS) is 11.5. The van der Waals surface area contributed by atoms with Crippen LogP contribution in [0.2, 0.25) is 5.02 Å². The lowest BCUT2D eigenvalue weighted by Crippen LogP contribution is -2.42. The molecule has 0 fully saturated rings. The SMILES string of the molecule is CCC(NC(=O)Nc1cc([N+](=O)[O-])ccc1Cl)C(=O)O. The molecule has 0 saturated heterocycles. The summed E-state index contributed by atoms with van der Waals surface area (Å²) in [6.07, 6.45) is 0.200. The number of hydrogen-bond donors (Lipinski definition) is 3. The summed E-state index contributed by atoms with van der Waals surface area (Å²) in [5.41, 5.74) is -0.214. The average Bonchev–Trinajstić information content (AvgIpc) is 2.37. The summed E-state index contributed by atoms with van der Waals surface area (Å²) in [5.74, 6) is -1.17. The van der Waals surface area contributed by atoms with E-state index in [9.17, 15) is 19.7 Å². The van der Waals surface area contributed by atoms with E-state index >= 15 is 0 Å². The minimum absolute atomic E-state index is 0.0265. The molecule has 0 aliphatic rings. The molecule has 20 heavy (non-hydrogen) atoms. The number of rotatable bonds is 5. The fraction of sp³-hybridized carbons (Fsp3) is 0.273. The van der Waals surface area contributed by atoms with Crippen LogP contribution < -0.4 is 10.6 Å². The Hall–Kier alpha value is -2.35. The third-order valence-electron chi connectivity index (χ3n) is 2.42. The van der Waals surface area contributed by atoms with Gasteiger partial charge in [0.15, 0.2) is 0 Å². The van der Waals surface area contributed by atoms with Crippen molar-refractivity contribution >= 4 is 35.0 Å². The highest BCUT2D eigenvalue weighted by Gasteiger charge is 2.18. The quantitative estimate of drug-likeness (QED) is 0.568. The van der Waals surface area contributed by atoms with Gasteiger partial charge in [-0.3, -0.25) is 10.1 Å². The summed E-state index contributed by atoms with van der Waals surface area (Å²) in [4.78, 5) is 32.4. The van der Waals surface area contributed by atoms with E-state index in [1.54, 1.807) is 6.92 Å². The predicted molar refractivity (Wildman–Crippen MR) is 72.0 cm³/mol. The van der Waals surface area contributed by atoms with Crippen LogP contribution in [0.15, 0.2) is 18.2 Å². The number of carboxylic acid groups (broad SMARTS) is 1. The summed E-state index contributed by atoms with van der Waals surface area (Å²) >= 11 is 5.80. The summed E-state index contributed by atoms with van der Waals surface area (Å²) in [7, 11) is 0. The lowest BCUT2D eigenvalue weighted by molar-refractivity contribution is -0.384. The van der Waals surface area contributed by atoms with Gasteiger partial charge in [0.05, 0.1) is 15.6 Å². The Balaban J connectivity index is 2.82. The van der Waals surface area contributed by atoms with Crippen LogP contribution in [-0.2, 0) is 4.79 Å². The minimum atomic E-state index is -1.17. The van der Waals surface area contributed by atoms with Crippen molar-refractivity contribution in [1.82, 2.24) is 5.32 Å². The molecule has 0 radical (unpaired) electrons. The second-order valence-corrected chi connectivity index (χ2v) is 4.23. The number of aliphatic carboxylic acids is 1. The Morgan fingerprint density at radius 2 is 2.15 bits per heavy atom. The third-order valence-corrected chi connectivity index (χ3v) is 2.75. The number of carboxylic acids is 1. The van der Waals surface area contributed by atoms with E-state index in [4.69, 9.17) is 16.7 Å². The summed E-state index contributed by atoms with van der Waals surface area (Å²) < 4.78 is 0. The van der Waals surface area contributed by atoms with E-state index in [0.29, 0.717) is 0 Å². The number of halogens is 1. The van der Waals surface area contributed by atoms with Crippen LogP contribution in [0.4, 0.5) is 16.2 Å². The number of nitrogens with one attached hydrogen (secondary N) is 2. The minimum Gasteiger partial charge on any atom is -0.480 e. The van der Waals surface area contributed by atoms with Crippen LogP contribution in [-0.4, -0.2) is 28.1 Å². The lowest BCUT2D eigenvalue weighted by atomic mass is 10.2. The molecule has 1 aromatic carbocycles. The van der Waals surface area contributed by atoms with Gasteiger partial charge < -0.3 is 15.7 Å². The highest BCUT2D eigenvalue weighted by atomic mass is 35.5. The van der Waals surface area contributed by atoms with E-state index in [-0.39, 0.29) is 22.8 Å². The van der Waals surface area contributed by atoms with Gasteiger partial charge in [-0.15, -0.1) is 0 Å². The van der Waals surface area contributed by atoms with Gasteiger partial charge in [0.1, 0.15) is 6.04 Å². The van der Waals surface area contributed by atoms with Crippen molar-refractivity contribution in [3.8, 4) is 0 Å². The first kappa shape index (κ1) is 15.7. The molecule has 0 aliphatic heterocycles. The molecule has 0 spiro atoms. The van der Waals surface area contributed by atoms with Crippen LogP contribution in [0.25, 0.3) is 0 Å².